The van der Waals surface area contributed by atoms with Gasteiger partial charge in [-0.05, 0) is 52.4 Å². The normalized spacial score (nSPS) is 29.0. The van der Waals surface area contributed by atoms with Crippen molar-refractivity contribution in [3.8, 4) is 0 Å². The molecule has 0 saturated carbocycles. The van der Waals surface area contributed by atoms with Crippen molar-refractivity contribution in [2.75, 3.05) is 13.2 Å². The number of hydrogen-bond acceptors (Lipinski definition) is 2. The topological polar surface area (TPSA) is 23.5 Å². The van der Waals surface area contributed by atoms with Gasteiger partial charge in [-0.15, -0.1) is 0 Å². The van der Waals surface area contributed by atoms with Crippen LogP contribution in [0.3, 0.4) is 0 Å². The summed E-state index contributed by atoms with van der Waals surface area (Å²) in [6.07, 6.45) is 4.74. The third kappa shape index (κ3) is 3.18. The third-order valence-electron chi connectivity index (χ3n) is 4.06. The second-order valence-corrected chi connectivity index (χ2v) is 5.64. The molecule has 1 rings (SSSR count). The van der Waals surface area contributed by atoms with Crippen molar-refractivity contribution in [3.63, 3.8) is 0 Å². The molecule has 0 amide bonds. The second kappa shape index (κ2) is 5.31. The van der Waals surface area contributed by atoms with Crippen molar-refractivity contribution < 1.29 is 5.11 Å². The molecule has 0 radical (unpaired) electrons. The highest BCUT2D eigenvalue weighted by atomic mass is 16.3. The first kappa shape index (κ1) is 13.0. The number of rotatable bonds is 4. The Morgan fingerprint density at radius 3 is 2.67 bits per heavy atom. The van der Waals surface area contributed by atoms with Crippen molar-refractivity contribution in [1.29, 1.82) is 0 Å². The smallest absolute Gasteiger partial charge is 0.0434 e. The highest BCUT2D eigenvalue weighted by Crippen LogP contribution is 2.33. The molecule has 1 saturated heterocycles. The Morgan fingerprint density at radius 2 is 2.13 bits per heavy atom. The SMILES string of the molecule is CCC(C)N1CC(CCO)CCC1(C)C. The summed E-state index contributed by atoms with van der Waals surface area (Å²) < 4.78 is 0. The number of likely N-dealkylation sites (tertiary alicyclic amines) is 1. The van der Waals surface area contributed by atoms with E-state index in [0.717, 1.165) is 6.42 Å². The Bertz CT molecular complexity index is 191. The van der Waals surface area contributed by atoms with Crippen LogP contribution < -0.4 is 0 Å². The molecule has 2 nitrogen and oxygen atoms in total. The van der Waals surface area contributed by atoms with Gasteiger partial charge in [0, 0.05) is 24.7 Å². The van der Waals surface area contributed by atoms with Crippen LogP contribution in [0.1, 0.15) is 53.4 Å². The molecule has 0 aromatic rings. The number of hydrogen-bond donors (Lipinski definition) is 1. The number of aliphatic hydroxyl groups is 1. The van der Waals surface area contributed by atoms with Gasteiger partial charge in [0.05, 0.1) is 0 Å². The molecule has 1 aliphatic heterocycles. The van der Waals surface area contributed by atoms with Gasteiger partial charge in [0.1, 0.15) is 0 Å². The molecule has 1 fully saturated rings. The zero-order valence-corrected chi connectivity index (χ0v) is 10.8. The van der Waals surface area contributed by atoms with Crippen LogP contribution in [0.15, 0.2) is 0 Å². The van der Waals surface area contributed by atoms with E-state index in [2.05, 4.69) is 32.6 Å². The minimum atomic E-state index is 0.347. The number of piperidine rings is 1. The first-order valence-corrected chi connectivity index (χ1v) is 6.39. The zero-order valence-electron chi connectivity index (χ0n) is 10.8. The second-order valence-electron chi connectivity index (χ2n) is 5.64. The molecule has 0 aromatic carbocycles. The Balaban J connectivity index is 2.61. The van der Waals surface area contributed by atoms with Gasteiger partial charge in [0.2, 0.25) is 0 Å². The molecule has 0 aliphatic carbocycles. The van der Waals surface area contributed by atoms with Crippen molar-refractivity contribution in [2.24, 2.45) is 5.92 Å². The first-order valence-electron chi connectivity index (χ1n) is 6.39. The standard InChI is InChI=1S/C13H27NO/c1-5-11(2)14-10-12(7-9-15)6-8-13(14,3)4/h11-12,15H,5-10H2,1-4H3. The molecular weight excluding hydrogens is 186 g/mol. The van der Waals surface area contributed by atoms with Gasteiger partial charge < -0.3 is 5.11 Å². The Kier molecular flexibility index (Phi) is 4.60. The van der Waals surface area contributed by atoms with E-state index in [0.29, 0.717) is 24.1 Å². The van der Waals surface area contributed by atoms with Gasteiger partial charge in [-0.25, -0.2) is 0 Å². The molecule has 1 N–H and O–H groups in total. The van der Waals surface area contributed by atoms with Gasteiger partial charge >= 0.3 is 0 Å². The molecule has 0 bridgehead atoms. The van der Waals surface area contributed by atoms with E-state index in [-0.39, 0.29) is 0 Å². The minimum Gasteiger partial charge on any atom is -0.396 e. The van der Waals surface area contributed by atoms with Gasteiger partial charge in [0.15, 0.2) is 0 Å². The van der Waals surface area contributed by atoms with Crippen LogP contribution in [0.5, 0.6) is 0 Å². The molecule has 2 atom stereocenters. The molecule has 2 unspecified atom stereocenters. The lowest BCUT2D eigenvalue weighted by Crippen LogP contribution is -2.54. The van der Waals surface area contributed by atoms with Crippen LogP contribution in [0.4, 0.5) is 0 Å². The maximum atomic E-state index is 9.01. The summed E-state index contributed by atoms with van der Waals surface area (Å²) in [4.78, 5) is 2.64. The van der Waals surface area contributed by atoms with E-state index in [1.54, 1.807) is 0 Å². The molecular formula is C13H27NO. The highest BCUT2D eigenvalue weighted by Gasteiger charge is 2.35. The molecule has 2 heteroatoms. The van der Waals surface area contributed by atoms with Crippen molar-refractivity contribution in [3.05, 3.63) is 0 Å². The fraction of sp³-hybridized carbons (Fsp3) is 1.00. The summed E-state index contributed by atoms with van der Waals surface area (Å²) >= 11 is 0. The molecule has 90 valence electrons. The lowest BCUT2D eigenvalue weighted by atomic mass is 9.82. The van der Waals surface area contributed by atoms with Crippen molar-refractivity contribution in [2.45, 2.75) is 65.0 Å². The van der Waals surface area contributed by atoms with E-state index in [9.17, 15) is 0 Å². The van der Waals surface area contributed by atoms with Crippen LogP contribution >= 0.6 is 0 Å². The summed E-state index contributed by atoms with van der Waals surface area (Å²) in [7, 11) is 0. The summed E-state index contributed by atoms with van der Waals surface area (Å²) in [6.45, 7) is 10.8. The summed E-state index contributed by atoms with van der Waals surface area (Å²) in [5.41, 5.74) is 0.349. The van der Waals surface area contributed by atoms with Crippen molar-refractivity contribution >= 4 is 0 Å². The van der Waals surface area contributed by atoms with Crippen LogP contribution in [0.2, 0.25) is 0 Å². The molecule has 0 spiro atoms. The summed E-state index contributed by atoms with van der Waals surface area (Å²) in [6, 6.07) is 0.668. The lowest BCUT2D eigenvalue weighted by Gasteiger charge is -2.48. The van der Waals surface area contributed by atoms with Crippen LogP contribution in [-0.4, -0.2) is 34.7 Å². The maximum Gasteiger partial charge on any atom is 0.0434 e. The van der Waals surface area contributed by atoms with E-state index >= 15 is 0 Å². The Morgan fingerprint density at radius 1 is 1.47 bits per heavy atom. The quantitative estimate of drug-likeness (QED) is 0.776. The summed E-state index contributed by atoms with van der Waals surface area (Å²) in [5, 5.41) is 9.01. The molecule has 1 heterocycles. The fourth-order valence-electron chi connectivity index (χ4n) is 2.73. The maximum absolute atomic E-state index is 9.01. The average molecular weight is 213 g/mol. The van der Waals surface area contributed by atoms with Gasteiger partial charge in [-0.1, -0.05) is 6.92 Å². The molecule has 0 aromatic heterocycles. The minimum absolute atomic E-state index is 0.347. The monoisotopic (exact) mass is 213 g/mol. The van der Waals surface area contributed by atoms with Crippen LogP contribution in [0, 0.1) is 5.92 Å². The van der Waals surface area contributed by atoms with Crippen molar-refractivity contribution in [1.82, 2.24) is 4.90 Å². The lowest BCUT2D eigenvalue weighted by molar-refractivity contribution is 0.00578. The van der Waals surface area contributed by atoms with Gasteiger partial charge in [-0.2, -0.15) is 0 Å². The van der Waals surface area contributed by atoms with E-state index in [1.807, 2.05) is 0 Å². The zero-order chi connectivity index (χ0) is 11.5. The predicted molar refractivity (Wildman–Crippen MR) is 65.0 cm³/mol. The van der Waals surface area contributed by atoms with E-state index in [4.69, 9.17) is 5.11 Å². The third-order valence-corrected chi connectivity index (χ3v) is 4.06. The summed E-state index contributed by atoms with van der Waals surface area (Å²) in [5.74, 6) is 0.706. The van der Waals surface area contributed by atoms with E-state index in [1.165, 1.54) is 25.8 Å². The van der Waals surface area contributed by atoms with Crippen LogP contribution in [-0.2, 0) is 0 Å². The predicted octanol–water partition coefficient (Wildman–Crippen LogP) is 2.66. The Labute approximate surface area is 94.7 Å². The molecule has 1 aliphatic rings. The van der Waals surface area contributed by atoms with E-state index < -0.39 is 0 Å². The number of nitrogens with zero attached hydrogens (tertiary/aromatic N) is 1. The number of aliphatic hydroxyl groups excluding tert-OH is 1. The van der Waals surface area contributed by atoms with Crippen LogP contribution in [0.25, 0.3) is 0 Å². The largest absolute Gasteiger partial charge is 0.396 e. The average Bonchev–Trinajstić information content (AvgIpc) is 2.20. The van der Waals surface area contributed by atoms with Gasteiger partial charge in [-0.3, -0.25) is 4.90 Å². The highest BCUT2D eigenvalue weighted by molar-refractivity contribution is 4.91. The molecule has 15 heavy (non-hydrogen) atoms. The van der Waals surface area contributed by atoms with Gasteiger partial charge in [0.25, 0.3) is 0 Å². The fourth-order valence-corrected chi connectivity index (χ4v) is 2.73. The Hall–Kier alpha value is -0.0800. The first-order chi connectivity index (χ1) is 7.01.